The van der Waals surface area contributed by atoms with Crippen LogP contribution in [0.1, 0.15) is 34.7 Å². The molecule has 1 saturated heterocycles. The van der Waals surface area contributed by atoms with Gasteiger partial charge in [0.1, 0.15) is 11.8 Å². The van der Waals surface area contributed by atoms with Crippen LogP contribution in [0.15, 0.2) is 10.5 Å². The van der Waals surface area contributed by atoms with Crippen molar-refractivity contribution < 1.29 is 19.1 Å². The van der Waals surface area contributed by atoms with E-state index in [9.17, 15) is 9.59 Å². The zero-order chi connectivity index (χ0) is 12.6. The summed E-state index contributed by atoms with van der Waals surface area (Å²) in [6.07, 6.45) is 1.24. The van der Waals surface area contributed by atoms with Gasteiger partial charge in [-0.1, -0.05) is 0 Å². The number of carboxylic acids is 1. The van der Waals surface area contributed by atoms with Crippen molar-refractivity contribution in [3.8, 4) is 0 Å². The minimum Gasteiger partial charge on any atom is -0.480 e. The molecule has 1 amide bonds. The fraction of sp³-hybridized carbons (Fsp3) is 0.500. The number of amides is 1. The quantitative estimate of drug-likeness (QED) is 0.847. The topological polar surface area (TPSA) is 70.8 Å². The summed E-state index contributed by atoms with van der Waals surface area (Å²) in [4.78, 5) is 24.6. The molecule has 0 unspecified atom stereocenters. The van der Waals surface area contributed by atoms with Crippen LogP contribution in [0.2, 0.25) is 0 Å². The first-order chi connectivity index (χ1) is 8.00. The number of carboxylic acid groups (broad SMARTS) is 1. The second-order valence-electron chi connectivity index (χ2n) is 4.36. The normalized spacial score (nSPS) is 19.6. The van der Waals surface area contributed by atoms with Crippen LogP contribution in [0.5, 0.6) is 0 Å². The summed E-state index contributed by atoms with van der Waals surface area (Å²) < 4.78 is 5.33. The van der Waals surface area contributed by atoms with Crippen LogP contribution in [0.25, 0.3) is 0 Å². The Morgan fingerprint density at radius 3 is 2.71 bits per heavy atom. The molecule has 5 nitrogen and oxygen atoms in total. The Hall–Kier alpha value is -1.78. The van der Waals surface area contributed by atoms with Gasteiger partial charge in [0.2, 0.25) is 0 Å². The van der Waals surface area contributed by atoms with Gasteiger partial charge in [-0.2, -0.15) is 0 Å². The first-order valence-electron chi connectivity index (χ1n) is 5.61. The average Bonchev–Trinajstić information content (AvgIpc) is 2.83. The summed E-state index contributed by atoms with van der Waals surface area (Å²) in [6.45, 7) is 4.03. The fourth-order valence-corrected chi connectivity index (χ4v) is 2.25. The van der Waals surface area contributed by atoms with E-state index in [0.717, 1.165) is 12.0 Å². The highest BCUT2D eigenvalue weighted by Gasteiger charge is 2.36. The van der Waals surface area contributed by atoms with E-state index in [-0.39, 0.29) is 11.7 Å². The highest BCUT2D eigenvalue weighted by atomic mass is 16.4. The average molecular weight is 237 g/mol. The Morgan fingerprint density at radius 1 is 1.47 bits per heavy atom. The van der Waals surface area contributed by atoms with Gasteiger partial charge in [-0.3, -0.25) is 4.79 Å². The predicted octanol–water partition coefficient (Wildman–Crippen LogP) is 1.59. The van der Waals surface area contributed by atoms with Crippen LogP contribution < -0.4 is 0 Å². The molecule has 1 atom stereocenters. The molecular weight excluding hydrogens is 222 g/mol. The second-order valence-corrected chi connectivity index (χ2v) is 4.36. The molecule has 1 aromatic heterocycles. The van der Waals surface area contributed by atoms with Gasteiger partial charge >= 0.3 is 5.97 Å². The molecule has 0 saturated carbocycles. The number of carbonyl (C=O) groups excluding carboxylic acids is 1. The number of likely N-dealkylation sites (tertiary alicyclic amines) is 1. The minimum atomic E-state index is -0.947. The fourth-order valence-electron chi connectivity index (χ4n) is 2.25. The van der Waals surface area contributed by atoms with Crippen LogP contribution in [0.3, 0.4) is 0 Å². The van der Waals surface area contributed by atoms with Gasteiger partial charge < -0.3 is 14.4 Å². The van der Waals surface area contributed by atoms with Crippen molar-refractivity contribution in [2.75, 3.05) is 6.54 Å². The number of furan rings is 1. The van der Waals surface area contributed by atoms with Crippen LogP contribution in [0.4, 0.5) is 0 Å². The summed E-state index contributed by atoms with van der Waals surface area (Å²) in [6, 6.07) is 1.06. The minimum absolute atomic E-state index is 0.260. The van der Waals surface area contributed by atoms with Crippen molar-refractivity contribution in [3.63, 3.8) is 0 Å². The maximum atomic E-state index is 12.2. The maximum absolute atomic E-state index is 12.2. The molecule has 1 aliphatic rings. The third-order valence-electron chi connectivity index (χ3n) is 3.03. The largest absolute Gasteiger partial charge is 0.480 e. The number of aliphatic carboxylic acids is 1. The molecule has 5 heteroatoms. The molecule has 1 aromatic rings. The highest BCUT2D eigenvalue weighted by molar-refractivity contribution is 5.95. The molecule has 0 aromatic carbocycles. The lowest BCUT2D eigenvalue weighted by Crippen LogP contribution is -2.40. The molecule has 92 valence electrons. The second kappa shape index (κ2) is 4.24. The van der Waals surface area contributed by atoms with Gasteiger partial charge in [-0.05, 0) is 32.8 Å². The number of nitrogens with zero attached hydrogens (tertiary/aromatic N) is 1. The van der Waals surface area contributed by atoms with Gasteiger partial charge in [-0.25, -0.2) is 4.79 Å². The van der Waals surface area contributed by atoms with Crippen molar-refractivity contribution in [1.82, 2.24) is 4.90 Å². The maximum Gasteiger partial charge on any atom is 0.326 e. The lowest BCUT2D eigenvalue weighted by molar-refractivity contribution is -0.141. The zero-order valence-electron chi connectivity index (χ0n) is 9.90. The van der Waals surface area contributed by atoms with E-state index in [1.165, 1.54) is 4.90 Å². The summed E-state index contributed by atoms with van der Waals surface area (Å²) in [5.41, 5.74) is 0.753. The Morgan fingerprint density at radius 2 is 2.18 bits per heavy atom. The first-order valence-corrected chi connectivity index (χ1v) is 5.61. The lowest BCUT2D eigenvalue weighted by Gasteiger charge is -2.20. The Labute approximate surface area is 99.0 Å². The van der Waals surface area contributed by atoms with E-state index < -0.39 is 12.0 Å². The number of carbonyl (C=O) groups is 2. The van der Waals surface area contributed by atoms with Crippen molar-refractivity contribution >= 4 is 11.9 Å². The van der Waals surface area contributed by atoms with Gasteiger partial charge in [0, 0.05) is 12.1 Å². The van der Waals surface area contributed by atoms with E-state index >= 15 is 0 Å². The monoisotopic (exact) mass is 237 g/mol. The van der Waals surface area contributed by atoms with E-state index in [2.05, 4.69) is 0 Å². The smallest absolute Gasteiger partial charge is 0.326 e. The predicted molar refractivity (Wildman–Crippen MR) is 59.9 cm³/mol. The molecule has 0 spiro atoms. The summed E-state index contributed by atoms with van der Waals surface area (Å²) in [7, 11) is 0. The Bertz CT molecular complexity index is 463. The van der Waals surface area contributed by atoms with Gasteiger partial charge in [0.15, 0.2) is 5.76 Å². The van der Waals surface area contributed by atoms with Crippen molar-refractivity contribution in [2.45, 2.75) is 32.7 Å². The molecule has 2 rings (SSSR count). The molecule has 0 aliphatic carbocycles. The Kier molecular flexibility index (Phi) is 2.92. The molecule has 2 heterocycles. The van der Waals surface area contributed by atoms with E-state index in [1.54, 1.807) is 19.9 Å². The summed E-state index contributed by atoms with van der Waals surface area (Å²) >= 11 is 0. The van der Waals surface area contributed by atoms with Crippen LogP contribution in [-0.2, 0) is 4.79 Å². The van der Waals surface area contributed by atoms with Gasteiger partial charge in [0.05, 0.1) is 0 Å². The molecule has 0 bridgehead atoms. The standard InChI is InChI=1S/C12H15NO4/c1-7-6-8(2)17-10(7)11(14)13-5-3-4-9(13)12(15)16/h6,9H,3-5H2,1-2H3,(H,15,16)/t9-/m1/s1. The number of rotatable bonds is 2. The molecule has 1 aliphatic heterocycles. The molecule has 1 N–H and O–H groups in total. The molecule has 0 radical (unpaired) electrons. The molecular formula is C12H15NO4. The zero-order valence-corrected chi connectivity index (χ0v) is 9.90. The highest BCUT2D eigenvalue weighted by Crippen LogP contribution is 2.23. The number of aryl methyl sites for hydroxylation is 2. The van der Waals surface area contributed by atoms with E-state index in [0.29, 0.717) is 18.7 Å². The van der Waals surface area contributed by atoms with Gasteiger partial charge in [0.25, 0.3) is 5.91 Å². The molecule has 1 fully saturated rings. The number of hydrogen-bond donors (Lipinski definition) is 1. The number of hydrogen-bond acceptors (Lipinski definition) is 3. The summed E-state index contributed by atoms with van der Waals surface area (Å²) in [5, 5.41) is 9.03. The SMILES string of the molecule is Cc1cc(C)c(C(=O)N2CCC[C@@H]2C(=O)O)o1. The van der Waals surface area contributed by atoms with Crippen molar-refractivity contribution in [3.05, 3.63) is 23.2 Å². The van der Waals surface area contributed by atoms with Crippen LogP contribution in [0, 0.1) is 13.8 Å². The van der Waals surface area contributed by atoms with E-state index in [1.807, 2.05) is 0 Å². The summed E-state index contributed by atoms with van der Waals surface area (Å²) in [5.74, 6) is -0.343. The van der Waals surface area contributed by atoms with Crippen LogP contribution >= 0.6 is 0 Å². The van der Waals surface area contributed by atoms with Crippen LogP contribution in [-0.4, -0.2) is 34.5 Å². The van der Waals surface area contributed by atoms with Gasteiger partial charge in [-0.15, -0.1) is 0 Å². The first kappa shape index (κ1) is 11.7. The third kappa shape index (κ3) is 2.05. The molecule has 17 heavy (non-hydrogen) atoms. The third-order valence-corrected chi connectivity index (χ3v) is 3.03. The lowest BCUT2D eigenvalue weighted by atomic mass is 10.2. The van der Waals surface area contributed by atoms with E-state index in [4.69, 9.17) is 9.52 Å². The van der Waals surface area contributed by atoms with Crippen molar-refractivity contribution in [2.24, 2.45) is 0 Å². The Balaban J connectivity index is 2.25. The van der Waals surface area contributed by atoms with Crippen molar-refractivity contribution in [1.29, 1.82) is 0 Å².